The van der Waals surface area contributed by atoms with E-state index in [1.54, 1.807) is 24.3 Å². The molecule has 0 aliphatic carbocycles. The molecule has 1 N–H and O–H groups in total. The Morgan fingerprint density at radius 1 is 0.720 bits per heavy atom. The maximum Gasteiger partial charge on any atom is 0.335 e. The second-order valence-corrected chi connectivity index (χ2v) is 5.54. The lowest BCUT2D eigenvalue weighted by atomic mass is 10.1. The Bertz CT molecular complexity index is 826. The van der Waals surface area contributed by atoms with Crippen molar-refractivity contribution in [1.29, 1.82) is 0 Å². The Hall–Kier alpha value is -3.27. The number of aromatic carboxylic acids is 1. The Morgan fingerprint density at radius 3 is 1.84 bits per heavy atom. The van der Waals surface area contributed by atoms with Gasteiger partial charge in [-0.25, -0.2) is 4.79 Å². The van der Waals surface area contributed by atoms with Gasteiger partial charge in [0.25, 0.3) is 0 Å². The molecular weight excluding hydrogens is 316 g/mol. The van der Waals surface area contributed by atoms with Crippen LogP contribution < -0.4 is 9.47 Å². The molecule has 0 amide bonds. The molecule has 0 atom stereocenters. The lowest BCUT2D eigenvalue weighted by Gasteiger charge is -2.10. The van der Waals surface area contributed by atoms with E-state index in [-0.39, 0.29) is 5.56 Å². The number of carboxylic acid groups (broad SMARTS) is 1. The molecule has 3 rings (SSSR count). The summed E-state index contributed by atoms with van der Waals surface area (Å²) in [7, 11) is 0. The van der Waals surface area contributed by atoms with Crippen molar-refractivity contribution in [1.82, 2.24) is 0 Å². The minimum Gasteiger partial charge on any atom is -0.489 e. The van der Waals surface area contributed by atoms with Gasteiger partial charge in [-0.3, -0.25) is 0 Å². The first-order chi connectivity index (χ1) is 12.2. The molecule has 3 aromatic rings. The molecule has 0 saturated carbocycles. The number of carbonyl (C=O) groups is 1. The van der Waals surface area contributed by atoms with Gasteiger partial charge in [0.05, 0.1) is 5.56 Å². The maximum absolute atomic E-state index is 10.8. The van der Waals surface area contributed by atoms with Gasteiger partial charge in [0.2, 0.25) is 0 Å². The van der Waals surface area contributed by atoms with Gasteiger partial charge in [0.15, 0.2) is 0 Å². The second kappa shape index (κ2) is 8.02. The number of rotatable bonds is 7. The van der Waals surface area contributed by atoms with E-state index < -0.39 is 5.97 Å². The van der Waals surface area contributed by atoms with E-state index in [1.165, 1.54) is 0 Å². The molecule has 0 radical (unpaired) electrons. The molecule has 4 nitrogen and oxygen atoms in total. The molecule has 0 fully saturated rings. The van der Waals surface area contributed by atoms with Crippen LogP contribution in [0, 0.1) is 0 Å². The molecule has 126 valence electrons. The number of carboxylic acids is 1. The number of hydrogen-bond donors (Lipinski definition) is 1. The third-order valence-corrected chi connectivity index (χ3v) is 3.66. The van der Waals surface area contributed by atoms with E-state index >= 15 is 0 Å². The molecule has 4 heteroatoms. The van der Waals surface area contributed by atoms with Gasteiger partial charge in [-0.1, -0.05) is 48.5 Å². The summed E-state index contributed by atoms with van der Waals surface area (Å²) < 4.78 is 11.5. The van der Waals surface area contributed by atoms with Crippen LogP contribution in [-0.2, 0) is 13.2 Å². The zero-order valence-corrected chi connectivity index (χ0v) is 13.6. The molecule has 3 aromatic carbocycles. The summed E-state index contributed by atoms with van der Waals surface area (Å²) in [4.78, 5) is 10.8. The highest BCUT2D eigenvalue weighted by atomic mass is 16.5. The van der Waals surface area contributed by atoms with Crippen LogP contribution in [0.2, 0.25) is 0 Å². The normalized spacial score (nSPS) is 10.2. The van der Waals surface area contributed by atoms with Crippen LogP contribution in [0.15, 0.2) is 78.9 Å². The lowest BCUT2D eigenvalue weighted by molar-refractivity contribution is 0.0697. The second-order valence-electron chi connectivity index (χ2n) is 5.54. The van der Waals surface area contributed by atoms with Crippen LogP contribution in [0.5, 0.6) is 11.5 Å². The fourth-order valence-corrected chi connectivity index (χ4v) is 2.30. The summed E-state index contributed by atoms with van der Waals surface area (Å²) in [5, 5.41) is 8.90. The Morgan fingerprint density at radius 2 is 1.28 bits per heavy atom. The summed E-state index contributed by atoms with van der Waals surface area (Å²) in [6, 6.07) is 24.1. The van der Waals surface area contributed by atoms with Crippen molar-refractivity contribution < 1.29 is 19.4 Å². The van der Waals surface area contributed by atoms with E-state index in [0.717, 1.165) is 16.9 Å². The zero-order valence-electron chi connectivity index (χ0n) is 13.6. The van der Waals surface area contributed by atoms with Crippen molar-refractivity contribution in [2.45, 2.75) is 13.2 Å². The van der Waals surface area contributed by atoms with Crippen molar-refractivity contribution in [2.75, 3.05) is 0 Å². The Kier molecular flexibility index (Phi) is 5.32. The SMILES string of the molecule is O=C(O)c1ccc(COc2cccc(OCc3ccccc3)c2)cc1. The van der Waals surface area contributed by atoms with Crippen molar-refractivity contribution in [3.05, 3.63) is 95.6 Å². The summed E-state index contributed by atoms with van der Waals surface area (Å²) >= 11 is 0. The summed E-state index contributed by atoms with van der Waals surface area (Å²) in [6.07, 6.45) is 0. The van der Waals surface area contributed by atoms with E-state index in [1.807, 2.05) is 54.6 Å². The predicted molar refractivity (Wildman–Crippen MR) is 94.9 cm³/mol. The minimum atomic E-state index is -0.935. The lowest BCUT2D eigenvalue weighted by Crippen LogP contribution is -1.99. The topological polar surface area (TPSA) is 55.8 Å². The molecule has 0 aromatic heterocycles. The molecule has 0 spiro atoms. The van der Waals surface area contributed by atoms with Gasteiger partial charge >= 0.3 is 5.97 Å². The third kappa shape index (κ3) is 4.85. The fourth-order valence-electron chi connectivity index (χ4n) is 2.30. The highest BCUT2D eigenvalue weighted by molar-refractivity contribution is 5.87. The first-order valence-corrected chi connectivity index (χ1v) is 7.92. The highest BCUT2D eigenvalue weighted by Gasteiger charge is 2.03. The highest BCUT2D eigenvalue weighted by Crippen LogP contribution is 2.21. The Balaban J connectivity index is 1.57. The smallest absolute Gasteiger partial charge is 0.335 e. The van der Waals surface area contributed by atoms with Crippen molar-refractivity contribution >= 4 is 5.97 Å². The van der Waals surface area contributed by atoms with Gasteiger partial charge in [0, 0.05) is 6.07 Å². The van der Waals surface area contributed by atoms with E-state index in [2.05, 4.69) is 0 Å². The largest absolute Gasteiger partial charge is 0.489 e. The monoisotopic (exact) mass is 334 g/mol. The van der Waals surface area contributed by atoms with Crippen molar-refractivity contribution in [3.8, 4) is 11.5 Å². The Labute approximate surface area is 146 Å². The quantitative estimate of drug-likeness (QED) is 0.689. The van der Waals surface area contributed by atoms with Crippen LogP contribution in [0.1, 0.15) is 21.5 Å². The van der Waals surface area contributed by atoms with E-state index in [0.29, 0.717) is 19.0 Å². The number of hydrogen-bond acceptors (Lipinski definition) is 3. The molecule has 0 aliphatic rings. The first kappa shape index (κ1) is 16.6. The molecule has 25 heavy (non-hydrogen) atoms. The predicted octanol–water partition coefficient (Wildman–Crippen LogP) is 4.54. The van der Waals surface area contributed by atoms with Gasteiger partial charge < -0.3 is 14.6 Å². The van der Waals surface area contributed by atoms with Crippen molar-refractivity contribution in [2.24, 2.45) is 0 Å². The number of benzene rings is 3. The van der Waals surface area contributed by atoms with Crippen LogP contribution in [0.4, 0.5) is 0 Å². The summed E-state index contributed by atoms with van der Waals surface area (Å²) in [5.41, 5.74) is 2.27. The average molecular weight is 334 g/mol. The van der Waals surface area contributed by atoms with Crippen LogP contribution in [-0.4, -0.2) is 11.1 Å². The summed E-state index contributed by atoms with van der Waals surface area (Å²) in [5.74, 6) is 0.506. The van der Waals surface area contributed by atoms with Gasteiger partial charge in [-0.2, -0.15) is 0 Å². The average Bonchev–Trinajstić information content (AvgIpc) is 2.66. The fraction of sp³-hybridized carbons (Fsp3) is 0.0952. The van der Waals surface area contributed by atoms with E-state index in [4.69, 9.17) is 14.6 Å². The van der Waals surface area contributed by atoms with Gasteiger partial charge in [-0.15, -0.1) is 0 Å². The molecule has 0 aliphatic heterocycles. The third-order valence-electron chi connectivity index (χ3n) is 3.66. The van der Waals surface area contributed by atoms with Crippen LogP contribution in [0.25, 0.3) is 0 Å². The molecular formula is C21H18O4. The molecule has 0 bridgehead atoms. The van der Waals surface area contributed by atoms with Crippen LogP contribution >= 0.6 is 0 Å². The van der Waals surface area contributed by atoms with E-state index in [9.17, 15) is 4.79 Å². The maximum atomic E-state index is 10.8. The molecule has 0 saturated heterocycles. The van der Waals surface area contributed by atoms with Gasteiger partial charge in [0.1, 0.15) is 24.7 Å². The minimum absolute atomic E-state index is 0.264. The standard InChI is InChI=1S/C21H18O4/c22-21(23)18-11-9-17(10-12-18)15-25-20-8-4-7-19(13-20)24-14-16-5-2-1-3-6-16/h1-13H,14-15H2,(H,22,23). The molecule has 0 heterocycles. The number of ether oxygens (including phenoxy) is 2. The molecule has 0 unspecified atom stereocenters. The first-order valence-electron chi connectivity index (χ1n) is 7.92. The van der Waals surface area contributed by atoms with Gasteiger partial charge in [-0.05, 0) is 35.4 Å². The van der Waals surface area contributed by atoms with Crippen molar-refractivity contribution in [3.63, 3.8) is 0 Å². The van der Waals surface area contributed by atoms with Crippen LogP contribution in [0.3, 0.4) is 0 Å². The zero-order chi connectivity index (χ0) is 17.5. The summed E-state index contributed by atoms with van der Waals surface area (Å²) in [6.45, 7) is 0.864.